The SMILES string of the molecule is C=C1CC(C2CCCCC2)C(C)[C@H](C2C=CCCC2)NC1C1CCC2C3CCC(C4CCCC5C6=C(CCC7C6C6C=CCCC6C76CCCCC6)C(C)(C)C54)CC3C3CC3C2C1. The Kier molecular flexibility index (Phi) is 10.9. The smallest absolute Gasteiger partial charge is 0.0308 e. The first-order valence-corrected chi connectivity index (χ1v) is 29.3. The van der Waals surface area contributed by atoms with Gasteiger partial charge in [0.1, 0.15) is 0 Å². The van der Waals surface area contributed by atoms with Crippen LogP contribution in [0.2, 0.25) is 0 Å². The fraction of sp³-hybridized carbons (Fsp3) is 0.871. The minimum atomic E-state index is 0.428. The van der Waals surface area contributed by atoms with E-state index < -0.39 is 0 Å². The Balaban J connectivity index is 0.715. The van der Waals surface area contributed by atoms with Gasteiger partial charge in [-0.05, 0) is 245 Å². The zero-order chi connectivity index (χ0) is 42.2. The summed E-state index contributed by atoms with van der Waals surface area (Å²) < 4.78 is 0. The van der Waals surface area contributed by atoms with Crippen molar-refractivity contribution < 1.29 is 0 Å². The molecule has 20 atom stereocenters. The Morgan fingerprint density at radius 2 is 1.32 bits per heavy atom. The fourth-order valence-corrected chi connectivity index (χ4v) is 22.9. The number of fused-ring (bicyclic) bond motifs is 14. The van der Waals surface area contributed by atoms with E-state index >= 15 is 0 Å². The van der Waals surface area contributed by atoms with Crippen LogP contribution in [0.4, 0.5) is 0 Å². The lowest BCUT2D eigenvalue weighted by Crippen LogP contribution is -2.52. The number of allylic oxidation sites excluding steroid dienone is 5. The molecule has 12 aliphatic carbocycles. The van der Waals surface area contributed by atoms with Crippen LogP contribution in [-0.4, -0.2) is 12.1 Å². The van der Waals surface area contributed by atoms with Crippen molar-refractivity contribution in [3.05, 3.63) is 47.6 Å². The van der Waals surface area contributed by atoms with Gasteiger partial charge in [0.05, 0.1) is 0 Å². The monoisotopic (exact) mass is 852 g/mol. The van der Waals surface area contributed by atoms with E-state index in [-0.39, 0.29) is 0 Å². The zero-order valence-electron chi connectivity index (χ0n) is 40.9. The number of hydrogen-bond acceptors (Lipinski definition) is 1. The average Bonchev–Trinajstić information content (AvgIpc) is 4.08. The molecular weight excluding hydrogens is 759 g/mol. The molecule has 0 aromatic rings. The highest BCUT2D eigenvalue weighted by atomic mass is 15.0. The van der Waals surface area contributed by atoms with Crippen LogP contribution in [0.5, 0.6) is 0 Å². The van der Waals surface area contributed by atoms with Crippen LogP contribution in [-0.2, 0) is 0 Å². The summed E-state index contributed by atoms with van der Waals surface area (Å²) in [5.41, 5.74) is 6.95. The van der Waals surface area contributed by atoms with Gasteiger partial charge in [0.25, 0.3) is 0 Å². The number of nitrogens with one attached hydrogen (secondary N) is 1. The molecule has 1 heterocycles. The zero-order valence-corrected chi connectivity index (χ0v) is 40.9. The van der Waals surface area contributed by atoms with Crippen LogP contribution in [0, 0.1) is 123 Å². The minimum absolute atomic E-state index is 0.428. The van der Waals surface area contributed by atoms with Crippen LogP contribution in [0.1, 0.15) is 201 Å². The van der Waals surface area contributed by atoms with Gasteiger partial charge in [0.15, 0.2) is 0 Å². The molecular formula is C62H93N. The quantitative estimate of drug-likeness (QED) is 0.278. The average molecular weight is 852 g/mol. The van der Waals surface area contributed by atoms with Crippen molar-refractivity contribution in [3.63, 3.8) is 0 Å². The van der Waals surface area contributed by atoms with Crippen LogP contribution >= 0.6 is 0 Å². The maximum Gasteiger partial charge on any atom is 0.0308 e. The first-order valence-electron chi connectivity index (χ1n) is 29.3. The van der Waals surface area contributed by atoms with Gasteiger partial charge >= 0.3 is 0 Å². The van der Waals surface area contributed by atoms with Gasteiger partial charge in [-0.3, -0.25) is 0 Å². The second-order valence-electron chi connectivity index (χ2n) is 27.4. The van der Waals surface area contributed by atoms with Crippen molar-refractivity contribution in [1.82, 2.24) is 5.32 Å². The highest BCUT2D eigenvalue weighted by Crippen LogP contribution is 2.75. The predicted molar refractivity (Wildman–Crippen MR) is 263 cm³/mol. The minimum Gasteiger partial charge on any atom is -0.306 e. The molecule has 1 heteroatoms. The van der Waals surface area contributed by atoms with Crippen molar-refractivity contribution in [1.29, 1.82) is 0 Å². The maximum absolute atomic E-state index is 5.07. The summed E-state index contributed by atoms with van der Waals surface area (Å²) in [5.74, 6) is 18.1. The Morgan fingerprint density at radius 3 is 2.10 bits per heavy atom. The van der Waals surface area contributed by atoms with E-state index in [0.717, 1.165) is 112 Å². The van der Waals surface area contributed by atoms with Crippen molar-refractivity contribution in [3.8, 4) is 0 Å². The second-order valence-corrected chi connectivity index (χ2v) is 27.4. The normalized spacial score (nSPS) is 52.1. The Bertz CT molecular complexity index is 1810. The third kappa shape index (κ3) is 6.61. The standard InChI is InChI=1S/C62H93N/c1-37-33-48(39-17-8-5-9-18-39)38(2)60(40-19-10-6-11-20-40)63-59(37)42-26-28-45-44-27-25-41(34-49(44)51-36-52(51)50(45)35-42)43-22-16-23-47-57-54(61(3,4)58(43)47)29-30-55-56(57)46-21-12-13-24-53(46)62(55)31-14-7-15-32-62/h10,12,19,21,38-53,55-56,58-60,63H,1,5-9,11,13-18,20,22-36H2,2-4H3/t38?,40?,41?,42?,43?,44?,45?,46?,47?,48?,49?,50?,51?,52?,53?,55?,56?,58?,59?,60-/m1/s1. The molecule has 0 bridgehead atoms. The highest BCUT2D eigenvalue weighted by Gasteiger charge is 2.66. The van der Waals surface area contributed by atoms with Crippen LogP contribution in [0.25, 0.3) is 0 Å². The summed E-state index contributed by atoms with van der Waals surface area (Å²) in [6.07, 6.45) is 52.7. The molecule has 13 aliphatic rings. The molecule has 9 fully saturated rings. The van der Waals surface area contributed by atoms with E-state index in [1.807, 2.05) is 0 Å². The maximum atomic E-state index is 5.07. The summed E-state index contributed by atoms with van der Waals surface area (Å²) in [6, 6.07) is 1.21. The molecule has 13 rings (SSSR count). The molecule has 346 valence electrons. The number of rotatable bonds is 4. The van der Waals surface area contributed by atoms with E-state index in [1.165, 1.54) is 122 Å². The van der Waals surface area contributed by atoms with E-state index in [0.29, 0.717) is 22.9 Å². The van der Waals surface area contributed by atoms with Crippen molar-refractivity contribution in [2.45, 2.75) is 213 Å². The molecule has 0 aromatic heterocycles. The fourth-order valence-electron chi connectivity index (χ4n) is 22.9. The van der Waals surface area contributed by atoms with Gasteiger partial charge in [-0.1, -0.05) is 126 Å². The first-order chi connectivity index (χ1) is 30.8. The van der Waals surface area contributed by atoms with E-state index in [1.54, 1.807) is 63.4 Å². The molecule has 8 saturated carbocycles. The molecule has 1 saturated heterocycles. The molecule has 1 nitrogen and oxygen atoms in total. The van der Waals surface area contributed by atoms with E-state index in [9.17, 15) is 0 Å². The van der Waals surface area contributed by atoms with Gasteiger partial charge in [-0.2, -0.15) is 0 Å². The lowest BCUT2D eigenvalue weighted by atomic mass is 9.51. The molecule has 0 radical (unpaired) electrons. The van der Waals surface area contributed by atoms with Gasteiger partial charge in [0.2, 0.25) is 0 Å². The third-order valence-electron chi connectivity index (χ3n) is 25.1. The molecule has 1 N–H and O–H groups in total. The highest BCUT2D eigenvalue weighted by molar-refractivity contribution is 5.41. The lowest BCUT2D eigenvalue weighted by Gasteiger charge is -2.54. The Morgan fingerprint density at radius 1 is 0.587 bits per heavy atom. The van der Waals surface area contributed by atoms with Gasteiger partial charge in [-0.25, -0.2) is 0 Å². The van der Waals surface area contributed by atoms with Crippen molar-refractivity contribution >= 4 is 0 Å². The summed E-state index contributed by atoms with van der Waals surface area (Å²) in [6.45, 7) is 13.4. The lowest BCUT2D eigenvalue weighted by molar-refractivity contribution is -0.0412. The third-order valence-corrected chi connectivity index (χ3v) is 25.1. The summed E-state index contributed by atoms with van der Waals surface area (Å²) in [5, 5.41) is 4.57. The summed E-state index contributed by atoms with van der Waals surface area (Å²) >= 11 is 0. The van der Waals surface area contributed by atoms with E-state index in [2.05, 4.69) is 61.5 Å². The van der Waals surface area contributed by atoms with Gasteiger partial charge in [-0.15, -0.1) is 0 Å². The second kappa shape index (κ2) is 16.3. The largest absolute Gasteiger partial charge is 0.306 e. The predicted octanol–water partition coefficient (Wildman–Crippen LogP) is 16.1. The molecule has 0 aromatic carbocycles. The van der Waals surface area contributed by atoms with Gasteiger partial charge in [0, 0.05) is 12.1 Å². The van der Waals surface area contributed by atoms with Gasteiger partial charge < -0.3 is 5.32 Å². The van der Waals surface area contributed by atoms with Crippen molar-refractivity contribution in [2.75, 3.05) is 0 Å². The Hall–Kier alpha value is -1.08. The summed E-state index contributed by atoms with van der Waals surface area (Å²) in [4.78, 5) is 0. The molecule has 19 unspecified atom stereocenters. The van der Waals surface area contributed by atoms with E-state index in [4.69, 9.17) is 6.58 Å². The molecule has 0 amide bonds. The van der Waals surface area contributed by atoms with Crippen LogP contribution < -0.4 is 5.32 Å². The topological polar surface area (TPSA) is 12.0 Å². The Labute approximate surface area is 387 Å². The van der Waals surface area contributed by atoms with Crippen LogP contribution in [0.3, 0.4) is 0 Å². The summed E-state index contributed by atoms with van der Waals surface area (Å²) in [7, 11) is 0. The number of hydrogen-bond donors (Lipinski definition) is 1. The van der Waals surface area contributed by atoms with Crippen LogP contribution in [0.15, 0.2) is 47.6 Å². The molecule has 1 aliphatic heterocycles. The first kappa shape index (κ1) is 42.1. The van der Waals surface area contributed by atoms with Crippen molar-refractivity contribution in [2.24, 2.45) is 123 Å². The molecule has 1 spiro atoms. The molecule has 63 heavy (non-hydrogen) atoms.